The van der Waals surface area contributed by atoms with Gasteiger partial charge in [-0.15, -0.1) is 0 Å². The van der Waals surface area contributed by atoms with Gasteiger partial charge in [0.15, 0.2) is 0 Å². The Bertz CT molecular complexity index is 416. The summed E-state index contributed by atoms with van der Waals surface area (Å²) in [5, 5.41) is 17.5. The quantitative estimate of drug-likeness (QED) is 0.389. The molecule has 21 heavy (non-hydrogen) atoms. The van der Waals surface area contributed by atoms with Crippen molar-refractivity contribution in [3.63, 3.8) is 0 Å². The Balaban J connectivity index is 2.27. The molecule has 5 nitrogen and oxygen atoms in total. The van der Waals surface area contributed by atoms with E-state index in [9.17, 15) is 10.1 Å². The Morgan fingerprint density at radius 2 is 1.81 bits per heavy atom. The number of non-ortho nitro benzene ring substituents is 1. The highest BCUT2D eigenvalue weighted by Crippen LogP contribution is 2.16. The van der Waals surface area contributed by atoms with Gasteiger partial charge in [0.25, 0.3) is 5.69 Å². The molecule has 0 aliphatic heterocycles. The summed E-state index contributed by atoms with van der Waals surface area (Å²) < 4.78 is 0. The van der Waals surface area contributed by atoms with E-state index in [1.54, 1.807) is 12.1 Å². The van der Waals surface area contributed by atoms with Crippen LogP contribution >= 0.6 is 0 Å². The molecule has 118 valence electrons. The van der Waals surface area contributed by atoms with Crippen LogP contribution in [0.3, 0.4) is 0 Å². The molecule has 0 saturated carbocycles. The number of nitrogens with zero attached hydrogens (tertiary/aromatic N) is 1. The summed E-state index contributed by atoms with van der Waals surface area (Å²) in [5.74, 6) is 0. The van der Waals surface area contributed by atoms with Gasteiger partial charge < -0.3 is 10.6 Å². The number of benzene rings is 1. The lowest BCUT2D eigenvalue weighted by Gasteiger charge is -2.17. The van der Waals surface area contributed by atoms with Crippen LogP contribution < -0.4 is 10.6 Å². The molecule has 0 aliphatic carbocycles. The summed E-state index contributed by atoms with van der Waals surface area (Å²) in [5.41, 5.74) is 1.06. The van der Waals surface area contributed by atoms with Crippen LogP contribution in [0.1, 0.15) is 46.5 Å². The molecule has 5 heteroatoms. The van der Waals surface area contributed by atoms with Crippen molar-refractivity contribution in [3.05, 3.63) is 34.4 Å². The predicted molar refractivity (Wildman–Crippen MR) is 87.8 cm³/mol. The van der Waals surface area contributed by atoms with Crippen LogP contribution in [0.25, 0.3) is 0 Å². The summed E-state index contributed by atoms with van der Waals surface area (Å²) >= 11 is 0. The number of hydrogen-bond acceptors (Lipinski definition) is 4. The molecule has 0 aliphatic rings. The third-order valence-electron chi connectivity index (χ3n) is 3.72. The topological polar surface area (TPSA) is 67.2 Å². The number of nitrogens with one attached hydrogen (secondary N) is 2. The van der Waals surface area contributed by atoms with Crippen molar-refractivity contribution < 1.29 is 4.92 Å². The second kappa shape index (κ2) is 9.34. The molecule has 0 heterocycles. The maximum Gasteiger partial charge on any atom is 0.269 e. The van der Waals surface area contributed by atoms with Crippen molar-refractivity contribution in [1.29, 1.82) is 0 Å². The fourth-order valence-corrected chi connectivity index (χ4v) is 2.33. The maximum atomic E-state index is 10.6. The monoisotopic (exact) mass is 293 g/mol. The van der Waals surface area contributed by atoms with E-state index in [0.717, 1.165) is 25.1 Å². The smallest absolute Gasteiger partial charge is 0.269 e. The Morgan fingerprint density at radius 1 is 1.19 bits per heavy atom. The SMILES string of the molecule is CCC(CC)NCCCC(C)Nc1ccc([N+](=O)[O-])cc1. The Kier molecular flexibility index (Phi) is 7.75. The van der Waals surface area contributed by atoms with E-state index in [-0.39, 0.29) is 10.6 Å². The molecule has 0 saturated heterocycles. The van der Waals surface area contributed by atoms with Crippen molar-refractivity contribution in [2.24, 2.45) is 0 Å². The first-order valence-corrected chi connectivity index (χ1v) is 7.81. The Morgan fingerprint density at radius 3 is 2.33 bits per heavy atom. The fourth-order valence-electron chi connectivity index (χ4n) is 2.33. The van der Waals surface area contributed by atoms with Crippen LogP contribution in [0, 0.1) is 10.1 Å². The van der Waals surface area contributed by atoms with Crippen molar-refractivity contribution in [1.82, 2.24) is 5.32 Å². The van der Waals surface area contributed by atoms with E-state index in [0.29, 0.717) is 12.1 Å². The van der Waals surface area contributed by atoms with Gasteiger partial charge in [0, 0.05) is 29.9 Å². The van der Waals surface area contributed by atoms with Crippen LogP contribution in [0.2, 0.25) is 0 Å². The van der Waals surface area contributed by atoms with Crippen molar-refractivity contribution in [2.75, 3.05) is 11.9 Å². The number of nitro groups is 1. The van der Waals surface area contributed by atoms with Gasteiger partial charge in [0.05, 0.1) is 4.92 Å². The maximum absolute atomic E-state index is 10.6. The lowest BCUT2D eigenvalue weighted by atomic mass is 10.1. The summed E-state index contributed by atoms with van der Waals surface area (Å²) in [6, 6.07) is 7.57. The molecule has 1 aromatic carbocycles. The second-order valence-corrected chi connectivity index (χ2v) is 5.46. The van der Waals surface area contributed by atoms with Gasteiger partial charge >= 0.3 is 0 Å². The Hall–Kier alpha value is -1.62. The molecule has 0 bridgehead atoms. The first-order chi connectivity index (χ1) is 10.1. The zero-order valence-corrected chi connectivity index (χ0v) is 13.3. The minimum absolute atomic E-state index is 0.127. The molecule has 0 radical (unpaired) electrons. The third kappa shape index (κ3) is 6.58. The minimum atomic E-state index is -0.378. The summed E-state index contributed by atoms with van der Waals surface area (Å²) in [6.07, 6.45) is 4.54. The van der Waals surface area contributed by atoms with Crippen LogP contribution in [0.5, 0.6) is 0 Å². The molecule has 1 rings (SSSR count). The first kappa shape index (κ1) is 17.4. The van der Waals surface area contributed by atoms with Crippen molar-refractivity contribution in [2.45, 2.75) is 58.5 Å². The second-order valence-electron chi connectivity index (χ2n) is 5.46. The minimum Gasteiger partial charge on any atom is -0.383 e. The lowest BCUT2D eigenvalue weighted by Crippen LogP contribution is -2.29. The van der Waals surface area contributed by atoms with E-state index in [2.05, 4.69) is 31.4 Å². The van der Waals surface area contributed by atoms with E-state index in [1.165, 1.54) is 25.0 Å². The van der Waals surface area contributed by atoms with Gasteiger partial charge in [0.1, 0.15) is 0 Å². The van der Waals surface area contributed by atoms with Gasteiger partial charge in [-0.1, -0.05) is 13.8 Å². The van der Waals surface area contributed by atoms with Gasteiger partial charge in [-0.3, -0.25) is 10.1 Å². The number of anilines is 1. The zero-order valence-electron chi connectivity index (χ0n) is 13.3. The highest BCUT2D eigenvalue weighted by Gasteiger charge is 2.07. The molecule has 1 unspecified atom stereocenters. The van der Waals surface area contributed by atoms with Gasteiger partial charge in [0.2, 0.25) is 0 Å². The van der Waals surface area contributed by atoms with E-state index in [4.69, 9.17) is 0 Å². The standard InChI is InChI=1S/C16H27N3O2/c1-4-14(5-2)17-12-6-7-13(3)18-15-8-10-16(11-9-15)19(20)21/h8-11,13-14,17-18H,4-7,12H2,1-3H3. The van der Waals surface area contributed by atoms with E-state index < -0.39 is 0 Å². The van der Waals surface area contributed by atoms with Crippen LogP contribution in [0.4, 0.5) is 11.4 Å². The molecule has 1 atom stereocenters. The molecule has 2 N–H and O–H groups in total. The number of rotatable bonds is 10. The molecule has 0 aromatic heterocycles. The highest BCUT2D eigenvalue weighted by molar-refractivity contribution is 5.48. The molecular formula is C16H27N3O2. The van der Waals surface area contributed by atoms with Crippen LogP contribution in [-0.2, 0) is 0 Å². The fraction of sp³-hybridized carbons (Fsp3) is 0.625. The molecule has 1 aromatic rings. The van der Waals surface area contributed by atoms with Crippen LogP contribution in [-0.4, -0.2) is 23.6 Å². The van der Waals surface area contributed by atoms with Gasteiger partial charge in [-0.25, -0.2) is 0 Å². The summed E-state index contributed by atoms with van der Waals surface area (Å²) in [7, 11) is 0. The zero-order chi connectivity index (χ0) is 15.7. The number of nitro benzene ring substituents is 1. The van der Waals surface area contributed by atoms with Crippen LogP contribution in [0.15, 0.2) is 24.3 Å². The number of hydrogen-bond donors (Lipinski definition) is 2. The predicted octanol–water partition coefficient (Wildman–Crippen LogP) is 3.95. The largest absolute Gasteiger partial charge is 0.383 e. The average molecular weight is 293 g/mol. The summed E-state index contributed by atoms with van der Waals surface area (Å²) in [6.45, 7) is 7.59. The van der Waals surface area contributed by atoms with E-state index in [1.807, 2.05) is 0 Å². The lowest BCUT2D eigenvalue weighted by molar-refractivity contribution is -0.384. The van der Waals surface area contributed by atoms with Crippen molar-refractivity contribution >= 4 is 11.4 Å². The third-order valence-corrected chi connectivity index (χ3v) is 3.72. The normalized spacial score (nSPS) is 12.4. The first-order valence-electron chi connectivity index (χ1n) is 7.81. The molecule has 0 fully saturated rings. The molecule has 0 spiro atoms. The van der Waals surface area contributed by atoms with Gasteiger partial charge in [-0.05, 0) is 51.3 Å². The highest BCUT2D eigenvalue weighted by atomic mass is 16.6. The molecule has 0 amide bonds. The molecular weight excluding hydrogens is 266 g/mol. The van der Waals surface area contributed by atoms with Crippen molar-refractivity contribution in [3.8, 4) is 0 Å². The average Bonchev–Trinajstić information content (AvgIpc) is 2.48. The van der Waals surface area contributed by atoms with E-state index >= 15 is 0 Å². The van der Waals surface area contributed by atoms with Gasteiger partial charge in [-0.2, -0.15) is 0 Å². The Labute approximate surface area is 127 Å². The summed E-state index contributed by atoms with van der Waals surface area (Å²) in [4.78, 5) is 10.2.